The number of phenolic OH excluding ortho intramolecular Hbond substituents is 1. The Morgan fingerprint density at radius 1 is 1.04 bits per heavy atom. The Balaban J connectivity index is 1.77. The number of H-pyrrole nitrogens is 1. The van der Waals surface area contributed by atoms with E-state index >= 15 is 0 Å². The highest BCUT2D eigenvalue weighted by molar-refractivity contribution is 5.75. The maximum atomic E-state index is 13.5. The molecule has 4 rings (SSSR count). The summed E-state index contributed by atoms with van der Waals surface area (Å²) in [6, 6.07) is 10.5. The first-order chi connectivity index (χ1) is 12.4. The molecule has 1 aliphatic heterocycles. The van der Waals surface area contributed by atoms with Gasteiger partial charge in [0.05, 0.1) is 0 Å². The van der Waals surface area contributed by atoms with Crippen molar-refractivity contribution in [3.63, 3.8) is 0 Å². The van der Waals surface area contributed by atoms with E-state index in [0.29, 0.717) is 22.5 Å². The highest BCUT2D eigenvalue weighted by Gasteiger charge is 2.41. The molecule has 132 valence electrons. The summed E-state index contributed by atoms with van der Waals surface area (Å²) in [6.45, 7) is 0. The number of nitrogens with one attached hydrogen (secondary N) is 1. The second kappa shape index (κ2) is 5.87. The molecule has 1 aliphatic rings. The molecule has 0 radical (unpaired) electrons. The number of nitrogens with zero attached hydrogens (tertiary/aromatic N) is 3. The molecule has 0 bridgehead atoms. The number of tetrazole rings is 1. The van der Waals surface area contributed by atoms with Crippen molar-refractivity contribution in [3.05, 3.63) is 59.4 Å². The molecule has 3 aromatic rings. The van der Waals surface area contributed by atoms with E-state index in [0.717, 1.165) is 0 Å². The molecule has 0 saturated carbocycles. The van der Waals surface area contributed by atoms with Crippen LogP contribution in [0.25, 0.3) is 17.0 Å². The molecule has 26 heavy (non-hydrogen) atoms. The van der Waals surface area contributed by atoms with Crippen LogP contribution in [0.3, 0.4) is 0 Å². The first-order valence-corrected chi connectivity index (χ1v) is 7.56. The molecular weight excluding hydrogens is 349 g/mol. The summed E-state index contributed by atoms with van der Waals surface area (Å²) in [5.41, 5.74) is 1.59. The zero-order valence-electron chi connectivity index (χ0n) is 13.1. The fourth-order valence-electron chi connectivity index (χ4n) is 2.79. The van der Waals surface area contributed by atoms with E-state index in [1.54, 1.807) is 30.3 Å². The van der Waals surface area contributed by atoms with Crippen LogP contribution in [-0.2, 0) is 6.42 Å². The largest absolute Gasteiger partial charge is 0.508 e. The first-order valence-electron chi connectivity index (χ1n) is 7.56. The number of benzene rings is 2. The monoisotopic (exact) mass is 360 g/mol. The van der Waals surface area contributed by atoms with Crippen LogP contribution in [0.2, 0.25) is 0 Å². The molecule has 9 heteroatoms. The smallest absolute Gasteiger partial charge is 0.449 e. The van der Waals surface area contributed by atoms with E-state index in [9.17, 15) is 18.3 Å². The highest BCUT2D eigenvalue weighted by Crippen LogP contribution is 2.42. The average molecular weight is 360 g/mol. The molecule has 2 heterocycles. The lowest BCUT2D eigenvalue weighted by molar-refractivity contribution is -0.116. The quantitative estimate of drug-likeness (QED) is 0.731. The van der Waals surface area contributed by atoms with Crippen LogP contribution in [0.5, 0.6) is 11.5 Å². The van der Waals surface area contributed by atoms with Crippen molar-refractivity contribution in [2.75, 3.05) is 0 Å². The molecule has 2 N–H and O–H groups in total. The Hall–Kier alpha value is -3.36. The maximum Gasteiger partial charge on any atom is 0.449 e. The molecule has 0 aliphatic carbocycles. The van der Waals surface area contributed by atoms with Crippen molar-refractivity contribution in [2.45, 2.75) is 12.6 Å². The van der Waals surface area contributed by atoms with Crippen LogP contribution in [0, 0.1) is 0 Å². The summed E-state index contributed by atoms with van der Waals surface area (Å²) in [5.74, 6) is -0.882. The summed E-state index contributed by atoms with van der Waals surface area (Å²) in [6.07, 6.45) is -4.63. The predicted molar refractivity (Wildman–Crippen MR) is 85.0 cm³/mol. The van der Waals surface area contributed by atoms with Gasteiger partial charge in [0.1, 0.15) is 11.5 Å². The van der Waals surface area contributed by atoms with Crippen molar-refractivity contribution in [1.82, 2.24) is 20.6 Å². The van der Waals surface area contributed by atoms with Gasteiger partial charge < -0.3 is 9.84 Å². The molecule has 0 fully saturated rings. The lowest BCUT2D eigenvalue weighted by atomic mass is 9.93. The number of alkyl halides is 3. The van der Waals surface area contributed by atoms with Gasteiger partial charge in [-0.2, -0.15) is 18.4 Å². The molecule has 0 spiro atoms. The van der Waals surface area contributed by atoms with Gasteiger partial charge in [0.25, 0.3) is 0 Å². The molecule has 0 unspecified atom stereocenters. The topological polar surface area (TPSA) is 83.9 Å². The van der Waals surface area contributed by atoms with Crippen LogP contribution in [0.4, 0.5) is 13.2 Å². The lowest BCUT2D eigenvalue weighted by Gasteiger charge is -2.25. The summed E-state index contributed by atoms with van der Waals surface area (Å²) < 4.78 is 45.6. The number of hydrogen-bond acceptors (Lipinski definition) is 5. The maximum absolute atomic E-state index is 13.5. The highest BCUT2D eigenvalue weighted by atomic mass is 19.4. The average Bonchev–Trinajstić information content (AvgIpc) is 3.14. The normalized spacial score (nSPS) is 14.1. The van der Waals surface area contributed by atoms with Crippen LogP contribution in [-0.4, -0.2) is 31.9 Å². The number of halogens is 3. The first kappa shape index (κ1) is 16.1. The van der Waals surface area contributed by atoms with Gasteiger partial charge in [-0.05, 0) is 22.4 Å². The summed E-state index contributed by atoms with van der Waals surface area (Å²) in [4.78, 5) is 0. The molecule has 2 aromatic carbocycles. The Morgan fingerprint density at radius 3 is 2.42 bits per heavy atom. The molecule has 0 amide bonds. The predicted octanol–water partition coefficient (Wildman–Crippen LogP) is 3.48. The number of phenols is 1. The number of allylic oxidation sites excluding steroid dienone is 2. The number of fused-ring (bicyclic) bond motifs is 1. The van der Waals surface area contributed by atoms with Gasteiger partial charge in [0, 0.05) is 23.6 Å². The Labute approximate surface area is 144 Å². The van der Waals surface area contributed by atoms with Crippen molar-refractivity contribution in [1.29, 1.82) is 0 Å². The van der Waals surface area contributed by atoms with Gasteiger partial charge in [-0.25, -0.2) is 0 Å². The third kappa shape index (κ3) is 2.87. The van der Waals surface area contributed by atoms with Crippen LogP contribution >= 0.6 is 0 Å². The van der Waals surface area contributed by atoms with Gasteiger partial charge in [-0.15, -0.1) is 10.2 Å². The standard InChI is InChI=1S/C17H11F3N4O2/c18-17(19,20)15-13(7-11-5-6-12(25)8-14(11)26-15)9-1-3-10(4-2-9)16-21-23-24-22-16/h1-6,8,25H,7H2,(H,21,22,23,24). The number of hydrogen-bond donors (Lipinski definition) is 2. The van der Waals surface area contributed by atoms with Crippen molar-refractivity contribution >= 4 is 5.57 Å². The molecule has 0 saturated heterocycles. The van der Waals surface area contributed by atoms with Crippen LogP contribution in [0.1, 0.15) is 11.1 Å². The van der Waals surface area contributed by atoms with Gasteiger partial charge >= 0.3 is 6.18 Å². The second-order valence-corrected chi connectivity index (χ2v) is 5.69. The van der Waals surface area contributed by atoms with Crippen LogP contribution in [0.15, 0.2) is 48.2 Å². The minimum Gasteiger partial charge on any atom is -0.508 e. The summed E-state index contributed by atoms with van der Waals surface area (Å²) in [7, 11) is 0. The number of rotatable bonds is 2. The zero-order chi connectivity index (χ0) is 18.3. The number of ether oxygens (including phenoxy) is 1. The molecule has 1 aromatic heterocycles. The summed E-state index contributed by atoms with van der Waals surface area (Å²) >= 11 is 0. The van der Waals surface area contributed by atoms with E-state index in [1.807, 2.05) is 0 Å². The van der Waals surface area contributed by atoms with Crippen molar-refractivity contribution in [2.24, 2.45) is 0 Å². The fourth-order valence-corrected chi connectivity index (χ4v) is 2.79. The van der Waals surface area contributed by atoms with E-state index in [2.05, 4.69) is 20.6 Å². The minimum absolute atomic E-state index is 0.00416. The van der Waals surface area contributed by atoms with Gasteiger partial charge in [-0.3, -0.25) is 0 Å². The zero-order valence-corrected chi connectivity index (χ0v) is 13.1. The van der Waals surface area contributed by atoms with Gasteiger partial charge in [0.15, 0.2) is 0 Å². The van der Waals surface area contributed by atoms with Crippen molar-refractivity contribution < 1.29 is 23.0 Å². The van der Waals surface area contributed by atoms with E-state index in [4.69, 9.17) is 4.74 Å². The Bertz CT molecular complexity index is 980. The number of aromatic amines is 1. The molecule has 6 nitrogen and oxygen atoms in total. The second-order valence-electron chi connectivity index (χ2n) is 5.69. The number of aromatic hydroxyl groups is 1. The Kier molecular flexibility index (Phi) is 3.64. The van der Waals surface area contributed by atoms with Gasteiger partial charge in [-0.1, -0.05) is 30.3 Å². The number of aromatic nitrogens is 4. The van der Waals surface area contributed by atoms with E-state index in [-0.39, 0.29) is 23.5 Å². The molecular formula is C17H11F3N4O2. The molecule has 0 atom stereocenters. The lowest BCUT2D eigenvalue weighted by Crippen LogP contribution is -2.23. The van der Waals surface area contributed by atoms with Crippen molar-refractivity contribution in [3.8, 4) is 22.9 Å². The Morgan fingerprint density at radius 2 is 1.77 bits per heavy atom. The SMILES string of the molecule is Oc1ccc2c(c1)OC(C(F)(F)F)=C(c1ccc(-c3nn[nH]n3)cc1)C2. The van der Waals surface area contributed by atoms with E-state index < -0.39 is 11.9 Å². The fraction of sp³-hybridized carbons (Fsp3) is 0.118. The summed E-state index contributed by atoms with van der Waals surface area (Å²) in [5, 5.41) is 22.9. The van der Waals surface area contributed by atoms with Crippen LogP contribution < -0.4 is 4.74 Å². The minimum atomic E-state index is -4.66. The third-order valence-electron chi connectivity index (χ3n) is 4.00. The third-order valence-corrected chi connectivity index (χ3v) is 4.00. The van der Waals surface area contributed by atoms with Gasteiger partial charge in [0.2, 0.25) is 11.6 Å². The van der Waals surface area contributed by atoms with E-state index in [1.165, 1.54) is 12.1 Å².